The molecule has 1 saturated heterocycles. The predicted molar refractivity (Wildman–Crippen MR) is 94.8 cm³/mol. The molecule has 1 aromatic heterocycles. The van der Waals surface area contributed by atoms with Crippen LogP contribution in [0.25, 0.3) is 11.3 Å². The average Bonchev–Trinajstić information content (AvgIpc) is 2.68. The molecule has 1 amide bonds. The Hall–Kier alpha value is -2.67. The number of benzene rings is 1. The number of carbonyl (C=O) groups excluding carboxylic acids is 1. The minimum atomic E-state index is -0.0343. The number of aromatic nitrogens is 2. The van der Waals surface area contributed by atoms with E-state index in [9.17, 15) is 4.79 Å². The normalized spacial score (nSPS) is 17.0. The first kappa shape index (κ1) is 17.2. The summed E-state index contributed by atoms with van der Waals surface area (Å²) in [6, 6.07) is 7.26. The lowest BCUT2D eigenvalue weighted by Gasteiger charge is -2.21. The number of ether oxygens (including phenoxy) is 2. The van der Waals surface area contributed by atoms with Crippen LogP contribution in [0.3, 0.4) is 0 Å². The fraction of sp³-hybridized carbons (Fsp3) is 0.389. The number of hydrogen-bond donors (Lipinski definition) is 2. The molecular formula is C18H22N4O3. The number of piperidine rings is 1. The van der Waals surface area contributed by atoms with E-state index in [1.807, 2.05) is 18.2 Å². The average molecular weight is 342 g/mol. The molecule has 132 valence electrons. The Kier molecular flexibility index (Phi) is 5.45. The molecule has 1 aliphatic heterocycles. The first-order valence-electron chi connectivity index (χ1n) is 8.28. The molecule has 1 atom stereocenters. The molecule has 0 aliphatic carbocycles. The quantitative estimate of drug-likeness (QED) is 0.865. The van der Waals surface area contributed by atoms with Crippen LogP contribution in [-0.4, -0.2) is 43.2 Å². The fourth-order valence-corrected chi connectivity index (χ4v) is 2.97. The van der Waals surface area contributed by atoms with E-state index in [4.69, 9.17) is 9.47 Å². The van der Waals surface area contributed by atoms with Crippen LogP contribution in [0.2, 0.25) is 0 Å². The fourth-order valence-electron chi connectivity index (χ4n) is 2.97. The molecule has 2 heterocycles. The van der Waals surface area contributed by atoms with Crippen LogP contribution >= 0.6 is 0 Å². The van der Waals surface area contributed by atoms with Gasteiger partial charge in [-0.2, -0.15) is 0 Å². The van der Waals surface area contributed by atoms with E-state index in [1.54, 1.807) is 20.3 Å². The smallest absolute Gasteiger partial charge is 0.229 e. The van der Waals surface area contributed by atoms with Gasteiger partial charge in [0.15, 0.2) is 0 Å². The number of rotatable bonds is 5. The summed E-state index contributed by atoms with van der Waals surface area (Å²) in [5.74, 6) is 1.70. The van der Waals surface area contributed by atoms with Gasteiger partial charge in [0, 0.05) is 12.6 Å². The third kappa shape index (κ3) is 3.88. The second-order valence-electron chi connectivity index (χ2n) is 5.86. The molecule has 7 heteroatoms. The molecule has 0 saturated carbocycles. The molecule has 7 nitrogen and oxygen atoms in total. The zero-order valence-electron chi connectivity index (χ0n) is 14.4. The molecule has 25 heavy (non-hydrogen) atoms. The van der Waals surface area contributed by atoms with Crippen LogP contribution in [0.1, 0.15) is 12.8 Å². The topological polar surface area (TPSA) is 85.4 Å². The summed E-state index contributed by atoms with van der Waals surface area (Å²) >= 11 is 0. The molecule has 0 radical (unpaired) electrons. The Labute approximate surface area is 146 Å². The van der Waals surface area contributed by atoms with E-state index in [0.29, 0.717) is 29.6 Å². The maximum absolute atomic E-state index is 12.4. The van der Waals surface area contributed by atoms with Gasteiger partial charge in [0.25, 0.3) is 0 Å². The van der Waals surface area contributed by atoms with Crippen LogP contribution < -0.4 is 20.1 Å². The summed E-state index contributed by atoms with van der Waals surface area (Å²) in [5, 5.41) is 6.13. The minimum Gasteiger partial charge on any atom is -0.496 e. The van der Waals surface area contributed by atoms with Gasteiger partial charge in [0.1, 0.15) is 23.6 Å². The lowest BCUT2D eigenvalue weighted by Crippen LogP contribution is -2.37. The summed E-state index contributed by atoms with van der Waals surface area (Å²) in [6.45, 7) is 1.67. The highest BCUT2D eigenvalue weighted by atomic mass is 16.5. The van der Waals surface area contributed by atoms with Gasteiger partial charge in [-0.05, 0) is 31.5 Å². The second kappa shape index (κ2) is 7.94. The van der Waals surface area contributed by atoms with Gasteiger partial charge < -0.3 is 20.1 Å². The summed E-state index contributed by atoms with van der Waals surface area (Å²) in [7, 11) is 3.19. The van der Waals surface area contributed by atoms with Crippen molar-refractivity contribution in [2.45, 2.75) is 12.8 Å². The monoisotopic (exact) mass is 342 g/mol. The van der Waals surface area contributed by atoms with E-state index < -0.39 is 0 Å². The zero-order chi connectivity index (χ0) is 17.6. The van der Waals surface area contributed by atoms with Crippen molar-refractivity contribution in [3.8, 4) is 22.8 Å². The molecule has 1 aliphatic rings. The Balaban J connectivity index is 1.86. The van der Waals surface area contributed by atoms with Crippen LogP contribution in [0, 0.1) is 5.92 Å². The molecule has 1 unspecified atom stereocenters. The maximum atomic E-state index is 12.4. The van der Waals surface area contributed by atoms with E-state index in [2.05, 4.69) is 20.6 Å². The lowest BCUT2D eigenvalue weighted by molar-refractivity contribution is -0.120. The van der Waals surface area contributed by atoms with Gasteiger partial charge in [0.2, 0.25) is 5.91 Å². The van der Waals surface area contributed by atoms with Gasteiger partial charge in [-0.1, -0.05) is 6.07 Å². The van der Waals surface area contributed by atoms with Crippen molar-refractivity contribution < 1.29 is 14.3 Å². The van der Waals surface area contributed by atoms with Crippen molar-refractivity contribution in [3.63, 3.8) is 0 Å². The first-order valence-corrected chi connectivity index (χ1v) is 8.28. The van der Waals surface area contributed by atoms with E-state index in [0.717, 1.165) is 24.9 Å². The van der Waals surface area contributed by atoms with Crippen molar-refractivity contribution >= 4 is 11.7 Å². The van der Waals surface area contributed by atoms with Crippen molar-refractivity contribution in [2.75, 3.05) is 32.6 Å². The van der Waals surface area contributed by atoms with Crippen LogP contribution in [0.15, 0.2) is 30.6 Å². The van der Waals surface area contributed by atoms with Gasteiger partial charge >= 0.3 is 0 Å². The highest BCUT2D eigenvalue weighted by Crippen LogP contribution is 2.37. The summed E-state index contributed by atoms with van der Waals surface area (Å²) in [4.78, 5) is 20.9. The number of anilines is 1. The third-order valence-electron chi connectivity index (χ3n) is 4.27. The summed E-state index contributed by atoms with van der Waals surface area (Å²) < 4.78 is 10.8. The molecule has 0 bridgehead atoms. The Morgan fingerprint density at radius 3 is 2.64 bits per heavy atom. The molecule has 2 aromatic rings. The Morgan fingerprint density at radius 1 is 1.24 bits per heavy atom. The summed E-state index contributed by atoms with van der Waals surface area (Å²) in [6.07, 6.45) is 3.32. The van der Waals surface area contributed by atoms with Crippen molar-refractivity contribution in [1.82, 2.24) is 15.3 Å². The van der Waals surface area contributed by atoms with E-state index in [1.165, 1.54) is 6.33 Å². The Morgan fingerprint density at radius 2 is 2.00 bits per heavy atom. The predicted octanol–water partition coefficient (Wildman–Crippen LogP) is 2.10. The SMILES string of the molecule is COc1cccc(OC)c1-c1cc(NC(=O)C2CCCNC2)ncn1. The third-order valence-corrected chi connectivity index (χ3v) is 4.27. The van der Waals surface area contributed by atoms with Crippen molar-refractivity contribution in [3.05, 3.63) is 30.6 Å². The minimum absolute atomic E-state index is 0.0242. The molecule has 2 N–H and O–H groups in total. The largest absolute Gasteiger partial charge is 0.496 e. The standard InChI is InChI=1S/C18H22N4O3/c1-24-14-6-3-7-15(25-2)17(14)13-9-16(21-11-20-13)22-18(23)12-5-4-8-19-10-12/h3,6-7,9,11-12,19H,4-5,8,10H2,1-2H3,(H,20,21,22,23). The van der Waals surface area contributed by atoms with Gasteiger partial charge in [-0.15, -0.1) is 0 Å². The number of nitrogens with zero attached hydrogens (tertiary/aromatic N) is 2. The highest BCUT2D eigenvalue weighted by Gasteiger charge is 2.22. The highest BCUT2D eigenvalue weighted by molar-refractivity contribution is 5.92. The van der Waals surface area contributed by atoms with Gasteiger partial charge in [-0.3, -0.25) is 4.79 Å². The van der Waals surface area contributed by atoms with Crippen molar-refractivity contribution in [2.24, 2.45) is 5.92 Å². The number of hydrogen-bond acceptors (Lipinski definition) is 6. The van der Waals surface area contributed by atoms with Crippen LogP contribution in [0.4, 0.5) is 5.82 Å². The van der Waals surface area contributed by atoms with Gasteiger partial charge in [-0.25, -0.2) is 9.97 Å². The van der Waals surface area contributed by atoms with Crippen LogP contribution in [-0.2, 0) is 4.79 Å². The molecule has 1 aromatic carbocycles. The summed E-state index contributed by atoms with van der Waals surface area (Å²) in [5.41, 5.74) is 1.35. The number of carbonyl (C=O) groups is 1. The first-order chi connectivity index (χ1) is 12.2. The van der Waals surface area contributed by atoms with E-state index >= 15 is 0 Å². The number of nitrogens with one attached hydrogen (secondary N) is 2. The van der Waals surface area contributed by atoms with Gasteiger partial charge in [0.05, 0.1) is 31.4 Å². The molecule has 1 fully saturated rings. The maximum Gasteiger partial charge on any atom is 0.229 e. The Bertz CT molecular complexity index is 723. The molecule has 0 spiro atoms. The number of amides is 1. The van der Waals surface area contributed by atoms with E-state index in [-0.39, 0.29) is 11.8 Å². The number of methoxy groups -OCH3 is 2. The van der Waals surface area contributed by atoms with Crippen LogP contribution in [0.5, 0.6) is 11.5 Å². The lowest BCUT2D eigenvalue weighted by atomic mass is 9.99. The molecule has 3 rings (SSSR count). The second-order valence-corrected chi connectivity index (χ2v) is 5.86. The molecular weight excluding hydrogens is 320 g/mol. The zero-order valence-corrected chi connectivity index (χ0v) is 14.4. The van der Waals surface area contributed by atoms with Crippen molar-refractivity contribution in [1.29, 1.82) is 0 Å².